The van der Waals surface area contributed by atoms with Crippen molar-refractivity contribution in [2.75, 3.05) is 5.32 Å². The molecule has 10 heteroatoms. The first-order valence-corrected chi connectivity index (χ1v) is 13.4. The Labute approximate surface area is 194 Å². The molecule has 31 heavy (non-hydrogen) atoms. The van der Waals surface area contributed by atoms with Crippen LogP contribution in [0.15, 0.2) is 63.8 Å². The highest BCUT2D eigenvalue weighted by atomic mass is 35.5. The summed E-state index contributed by atoms with van der Waals surface area (Å²) in [5, 5.41) is 11.6. The van der Waals surface area contributed by atoms with E-state index in [1.54, 1.807) is 0 Å². The summed E-state index contributed by atoms with van der Waals surface area (Å²) in [7, 11) is -3.90. The van der Waals surface area contributed by atoms with Crippen molar-refractivity contribution in [3.8, 4) is 0 Å². The summed E-state index contributed by atoms with van der Waals surface area (Å²) in [6.07, 6.45) is 1.90. The lowest BCUT2D eigenvalue weighted by Gasteiger charge is -2.27. The van der Waals surface area contributed by atoms with E-state index >= 15 is 0 Å². The summed E-state index contributed by atoms with van der Waals surface area (Å²) in [4.78, 5) is 13.3. The largest absolute Gasteiger partial charge is 0.299 e. The van der Waals surface area contributed by atoms with E-state index in [1.807, 2.05) is 30.3 Å². The summed E-state index contributed by atoms with van der Waals surface area (Å²) in [6, 6.07) is 15.9. The second-order valence-corrected chi connectivity index (χ2v) is 12.2. The van der Waals surface area contributed by atoms with Crippen LogP contribution in [-0.2, 0) is 20.4 Å². The van der Waals surface area contributed by atoms with Gasteiger partial charge in [0.15, 0.2) is 18.9 Å². The highest BCUT2D eigenvalue weighted by molar-refractivity contribution is 8.00. The molecule has 0 aliphatic heterocycles. The summed E-state index contributed by atoms with van der Waals surface area (Å²) >= 11 is 8.67. The van der Waals surface area contributed by atoms with Crippen molar-refractivity contribution in [3.05, 3.63) is 65.2 Å². The van der Waals surface area contributed by atoms with Crippen LogP contribution in [0.3, 0.4) is 0 Å². The normalized spacial score (nSPS) is 15.6. The number of carbonyl (C=O) groups is 1. The molecule has 3 aromatic rings. The van der Waals surface area contributed by atoms with Gasteiger partial charge in [-0.05, 0) is 42.7 Å². The Kier molecular flexibility index (Phi) is 6.66. The van der Waals surface area contributed by atoms with Gasteiger partial charge in [-0.2, -0.15) is 0 Å². The van der Waals surface area contributed by atoms with E-state index in [2.05, 4.69) is 15.5 Å². The van der Waals surface area contributed by atoms with Gasteiger partial charge >= 0.3 is 0 Å². The first kappa shape index (κ1) is 22.3. The lowest BCUT2D eigenvalue weighted by molar-refractivity contribution is -0.118. The molecule has 0 atom stereocenters. The quantitative estimate of drug-likeness (QED) is 0.359. The number of nitrogens with one attached hydrogen (secondary N) is 1. The second kappa shape index (κ2) is 9.28. The number of rotatable bonds is 7. The van der Waals surface area contributed by atoms with E-state index in [0.717, 1.165) is 11.3 Å². The number of nitrogens with zero attached hydrogens (tertiary/aromatic N) is 2. The number of thioether (sulfide) groups is 1. The molecule has 1 fully saturated rings. The van der Waals surface area contributed by atoms with Crippen LogP contribution in [0.25, 0.3) is 0 Å². The molecule has 2 aromatic carbocycles. The first-order chi connectivity index (χ1) is 14.9. The van der Waals surface area contributed by atoms with Crippen molar-refractivity contribution < 1.29 is 13.2 Å². The number of anilines is 1. The number of hydrogen-bond acceptors (Lipinski definition) is 7. The standard InChI is InChI=1S/C21H20ClN3O3S3/c22-16-8-10-17(11-9-16)31(27,28)21(12-4-5-13-21)18(26)23-19-24-25-20(30-19)29-14-15-6-2-1-3-7-15/h1-3,6-11H,4-5,12-14H2,(H,23,24,26). The van der Waals surface area contributed by atoms with E-state index in [4.69, 9.17) is 11.6 Å². The summed E-state index contributed by atoms with van der Waals surface area (Å²) in [5.41, 5.74) is 1.16. The molecule has 1 saturated carbocycles. The van der Waals surface area contributed by atoms with Crippen LogP contribution in [0.2, 0.25) is 5.02 Å². The predicted molar refractivity (Wildman–Crippen MR) is 124 cm³/mol. The van der Waals surface area contributed by atoms with Gasteiger partial charge in [0.25, 0.3) is 0 Å². The third-order valence-electron chi connectivity index (χ3n) is 5.30. The van der Waals surface area contributed by atoms with E-state index < -0.39 is 20.5 Å². The SMILES string of the molecule is O=C(Nc1nnc(SCc2ccccc2)s1)C1(S(=O)(=O)c2ccc(Cl)cc2)CCCC1. The average molecular weight is 494 g/mol. The number of hydrogen-bond donors (Lipinski definition) is 1. The maximum absolute atomic E-state index is 13.4. The van der Waals surface area contributed by atoms with Crippen LogP contribution in [0, 0.1) is 0 Å². The molecular weight excluding hydrogens is 474 g/mol. The molecule has 1 heterocycles. The smallest absolute Gasteiger partial charge is 0.248 e. The maximum atomic E-state index is 13.4. The van der Waals surface area contributed by atoms with E-state index in [9.17, 15) is 13.2 Å². The lowest BCUT2D eigenvalue weighted by atomic mass is 10.1. The van der Waals surface area contributed by atoms with E-state index in [0.29, 0.717) is 27.3 Å². The van der Waals surface area contributed by atoms with Gasteiger partial charge in [0.2, 0.25) is 11.0 Å². The molecular formula is C21H20ClN3O3S3. The maximum Gasteiger partial charge on any atom is 0.248 e. The van der Waals surface area contributed by atoms with Gasteiger partial charge in [0.05, 0.1) is 4.90 Å². The zero-order valence-electron chi connectivity index (χ0n) is 16.5. The van der Waals surface area contributed by atoms with Crippen molar-refractivity contribution in [2.45, 2.75) is 45.4 Å². The third-order valence-corrected chi connectivity index (χ3v) is 10.1. The molecule has 1 aliphatic carbocycles. The zero-order chi connectivity index (χ0) is 21.9. The highest BCUT2D eigenvalue weighted by Crippen LogP contribution is 2.42. The molecule has 0 bridgehead atoms. The number of benzene rings is 2. The van der Waals surface area contributed by atoms with Crippen LogP contribution < -0.4 is 5.32 Å². The number of sulfone groups is 1. The zero-order valence-corrected chi connectivity index (χ0v) is 19.7. The summed E-state index contributed by atoms with van der Waals surface area (Å²) in [6.45, 7) is 0. The van der Waals surface area contributed by atoms with Crippen LogP contribution in [0.4, 0.5) is 5.13 Å². The van der Waals surface area contributed by atoms with Crippen molar-refractivity contribution in [2.24, 2.45) is 0 Å². The summed E-state index contributed by atoms with van der Waals surface area (Å²) < 4.78 is 26.0. The van der Waals surface area contributed by atoms with Gasteiger partial charge in [-0.15, -0.1) is 10.2 Å². The van der Waals surface area contributed by atoms with Crippen LogP contribution >= 0.6 is 34.7 Å². The van der Waals surface area contributed by atoms with Gasteiger partial charge in [0, 0.05) is 10.8 Å². The van der Waals surface area contributed by atoms with E-state index in [-0.39, 0.29) is 17.7 Å². The Balaban J connectivity index is 1.51. The molecule has 1 amide bonds. The highest BCUT2D eigenvalue weighted by Gasteiger charge is 2.53. The fourth-order valence-electron chi connectivity index (χ4n) is 3.65. The minimum Gasteiger partial charge on any atom is -0.299 e. The Hall–Kier alpha value is -1.94. The molecule has 0 unspecified atom stereocenters. The molecule has 162 valence electrons. The van der Waals surface area contributed by atoms with Crippen molar-refractivity contribution in [1.29, 1.82) is 0 Å². The van der Waals surface area contributed by atoms with Gasteiger partial charge in [-0.25, -0.2) is 8.42 Å². The lowest BCUT2D eigenvalue weighted by Crippen LogP contribution is -2.47. The molecule has 0 saturated heterocycles. The topological polar surface area (TPSA) is 89.0 Å². The number of carbonyl (C=O) groups excluding carboxylic acids is 1. The molecule has 0 spiro atoms. The third kappa shape index (κ3) is 4.64. The molecule has 1 N–H and O–H groups in total. The Morgan fingerprint density at radius 1 is 1.06 bits per heavy atom. The van der Waals surface area contributed by atoms with Gasteiger partial charge < -0.3 is 0 Å². The Bertz CT molecular complexity index is 1160. The molecule has 0 radical (unpaired) electrons. The fourth-order valence-corrected chi connectivity index (χ4v) is 7.55. The number of amides is 1. The van der Waals surface area contributed by atoms with Gasteiger partial charge in [-0.1, -0.05) is 77.9 Å². The fraction of sp³-hybridized carbons (Fsp3) is 0.286. The monoisotopic (exact) mass is 493 g/mol. The predicted octanol–water partition coefficient (Wildman–Crippen LogP) is 5.21. The molecule has 1 aromatic heterocycles. The van der Waals surface area contributed by atoms with Gasteiger partial charge in [-0.3, -0.25) is 10.1 Å². The number of aromatic nitrogens is 2. The van der Waals surface area contributed by atoms with Crippen LogP contribution in [-0.4, -0.2) is 29.3 Å². The minimum atomic E-state index is -3.90. The minimum absolute atomic E-state index is 0.102. The van der Waals surface area contributed by atoms with Crippen molar-refractivity contribution in [3.63, 3.8) is 0 Å². The van der Waals surface area contributed by atoms with E-state index in [1.165, 1.54) is 47.4 Å². The van der Waals surface area contributed by atoms with Crippen molar-refractivity contribution >= 4 is 55.6 Å². The van der Waals surface area contributed by atoms with Crippen LogP contribution in [0.1, 0.15) is 31.2 Å². The first-order valence-electron chi connectivity index (χ1n) is 9.73. The Morgan fingerprint density at radius 2 is 1.74 bits per heavy atom. The average Bonchev–Trinajstić information content (AvgIpc) is 3.44. The number of halogens is 1. The Morgan fingerprint density at radius 3 is 2.42 bits per heavy atom. The summed E-state index contributed by atoms with van der Waals surface area (Å²) in [5.74, 6) is 0.189. The van der Waals surface area contributed by atoms with Crippen molar-refractivity contribution in [1.82, 2.24) is 10.2 Å². The second-order valence-electron chi connectivity index (χ2n) is 7.26. The molecule has 6 nitrogen and oxygen atoms in total. The molecule has 4 rings (SSSR count). The van der Waals surface area contributed by atoms with Crippen LogP contribution in [0.5, 0.6) is 0 Å². The van der Waals surface area contributed by atoms with Gasteiger partial charge in [0.1, 0.15) is 0 Å². The molecule has 1 aliphatic rings.